The number of aliphatic carboxylic acids is 1. The fourth-order valence-corrected chi connectivity index (χ4v) is 1.88. The van der Waals surface area contributed by atoms with Crippen LogP contribution in [0.2, 0.25) is 0 Å². The van der Waals surface area contributed by atoms with Gasteiger partial charge in [-0.05, 0) is 29.5 Å². The molecule has 0 saturated heterocycles. The Morgan fingerprint density at radius 3 is 2.62 bits per heavy atom. The van der Waals surface area contributed by atoms with Gasteiger partial charge in [0.2, 0.25) is 0 Å². The van der Waals surface area contributed by atoms with Crippen molar-refractivity contribution in [3.8, 4) is 0 Å². The van der Waals surface area contributed by atoms with Crippen molar-refractivity contribution in [2.75, 3.05) is 0 Å². The van der Waals surface area contributed by atoms with Gasteiger partial charge in [-0.2, -0.15) is 5.10 Å². The molecular weight excluding hydrogens is 333 g/mol. The molecule has 0 radical (unpaired) electrons. The van der Waals surface area contributed by atoms with Gasteiger partial charge in [0.05, 0.1) is 21.7 Å². The minimum Gasteiger partial charge on any atom is -0.481 e. The number of halogens is 3. The van der Waals surface area contributed by atoms with Gasteiger partial charge in [0.15, 0.2) is 0 Å². The minimum absolute atomic E-state index is 0.0428. The first kappa shape index (κ1) is 13.3. The van der Waals surface area contributed by atoms with E-state index in [0.717, 1.165) is 4.68 Å². The minimum atomic E-state index is -2.64. The molecule has 0 bridgehead atoms. The summed E-state index contributed by atoms with van der Waals surface area (Å²) in [5.41, 5.74) is 0.291. The third-order valence-corrected chi connectivity index (χ3v) is 3.50. The highest BCUT2D eigenvalue weighted by molar-refractivity contribution is 14.1. The lowest BCUT2D eigenvalue weighted by Gasteiger charge is -2.09. The number of hydrogen-bond acceptors (Lipinski definition) is 2. The number of carbonyl (C=O) groups is 1. The zero-order chi connectivity index (χ0) is 12.5. The van der Waals surface area contributed by atoms with Crippen LogP contribution in [0.3, 0.4) is 0 Å². The first-order valence-corrected chi connectivity index (χ1v) is 5.66. The second kappa shape index (κ2) is 5.07. The normalized spacial score (nSPS) is 13.1. The maximum Gasteiger partial charge on any atom is 0.308 e. The van der Waals surface area contributed by atoms with Crippen molar-refractivity contribution in [1.82, 2.24) is 9.78 Å². The quantitative estimate of drug-likeness (QED) is 0.854. The standard InChI is InChI=1S/C9H11F2IN2O2/c1-4(9(15)16)3-14-7(8(10)11)6(12)5(2)13-14/h4,8H,3H2,1-2H3,(H,15,16)/t4-/m1/s1. The van der Waals surface area contributed by atoms with Crippen LogP contribution >= 0.6 is 22.6 Å². The van der Waals surface area contributed by atoms with E-state index in [4.69, 9.17) is 5.11 Å². The van der Waals surface area contributed by atoms with E-state index >= 15 is 0 Å². The molecule has 0 aromatic carbocycles. The average Bonchev–Trinajstić information content (AvgIpc) is 2.42. The van der Waals surface area contributed by atoms with Crippen molar-refractivity contribution < 1.29 is 18.7 Å². The number of carboxylic acid groups (broad SMARTS) is 1. The molecule has 0 fully saturated rings. The van der Waals surface area contributed by atoms with E-state index in [2.05, 4.69) is 5.10 Å². The second-order valence-electron chi connectivity index (χ2n) is 3.51. The molecule has 1 aromatic rings. The molecule has 90 valence electrons. The summed E-state index contributed by atoms with van der Waals surface area (Å²) < 4.78 is 27.0. The lowest BCUT2D eigenvalue weighted by atomic mass is 10.2. The molecule has 16 heavy (non-hydrogen) atoms. The summed E-state index contributed by atoms with van der Waals surface area (Å²) in [4.78, 5) is 10.6. The van der Waals surface area contributed by atoms with Crippen molar-refractivity contribution in [1.29, 1.82) is 0 Å². The Bertz CT molecular complexity index is 406. The highest BCUT2D eigenvalue weighted by Gasteiger charge is 2.23. The summed E-state index contributed by atoms with van der Waals surface area (Å²) in [6, 6.07) is 0. The number of alkyl halides is 2. The van der Waals surface area contributed by atoms with E-state index in [0.29, 0.717) is 9.26 Å². The fourth-order valence-electron chi connectivity index (χ4n) is 1.26. The van der Waals surface area contributed by atoms with E-state index in [1.54, 1.807) is 29.5 Å². The predicted molar refractivity (Wildman–Crippen MR) is 61.4 cm³/mol. The lowest BCUT2D eigenvalue weighted by molar-refractivity contribution is -0.141. The predicted octanol–water partition coefficient (Wildman–Crippen LogP) is 2.45. The van der Waals surface area contributed by atoms with E-state index < -0.39 is 18.3 Å². The highest BCUT2D eigenvalue weighted by atomic mass is 127. The maximum absolute atomic E-state index is 12.7. The molecule has 0 amide bonds. The van der Waals surface area contributed by atoms with E-state index in [9.17, 15) is 13.6 Å². The van der Waals surface area contributed by atoms with Crippen molar-refractivity contribution in [2.45, 2.75) is 26.8 Å². The van der Waals surface area contributed by atoms with Crippen LogP contribution in [0.1, 0.15) is 24.7 Å². The van der Waals surface area contributed by atoms with Crippen LogP contribution < -0.4 is 0 Å². The summed E-state index contributed by atoms with van der Waals surface area (Å²) >= 11 is 1.79. The number of hydrogen-bond donors (Lipinski definition) is 1. The summed E-state index contributed by atoms with van der Waals surface area (Å²) in [6.07, 6.45) is -2.64. The second-order valence-corrected chi connectivity index (χ2v) is 4.59. The molecule has 1 heterocycles. The van der Waals surface area contributed by atoms with Gasteiger partial charge < -0.3 is 5.11 Å². The fraction of sp³-hybridized carbons (Fsp3) is 0.556. The molecule has 0 aliphatic rings. The average molecular weight is 344 g/mol. The van der Waals surface area contributed by atoms with Crippen molar-refractivity contribution >= 4 is 28.6 Å². The topological polar surface area (TPSA) is 55.1 Å². The number of rotatable bonds is 4. The lowest BCUT2D eigenvalue weighted by Crippen LogP contribution is -2.19. The molecule has 0 spiro atoms. The van der Waals surface area contributed by atoms with Gasteiger partial charge in [-0.3, -0.25) is 9.48 Å². The summed E-state index contributed by atoms with van der Waals surface area (Å²) in [5.74, 6) is -1.77. The Kier molecular flexibility index (Phi) is 4.22. The highest BCUT2D eigenvalue weighted by Crippen LogP contribution is 2.27. The van der Waals surface area contributed by atoms with Crippen molar-refractivity contribution in [3.63, 3.8) is 0 Å². The Labute approximate surface area is 105 Å². The molecule has 4 nitrogen and oxygen atoms in total. The van der Waals surface area contributed by atoms with Crippen LogP contribution in [0.15, 0.2) is 0 Å². The largest absolute Gasteiger partial charge is 0.481 e. The number of nitrogens with zero attached hydrogens (tertiary/aromatic N) is 2. The summed E-state index contributed by atoms with van der Waals surface area (Å²) in [6.45, 7) is 3.04. The summed E-state index contributed by atoms with van der Waals surface area (Å²) in [7, 11) is 0. The van der Waals surface area contributed by atoms with Crippen LogP contribution in [-0.2, 0) is 11.3 Å². The molecule has 0 aliphatic carbocycles. The third-order valence-electron chi connectivity index (χ3n) is 2.17. The van der Waals surface area contributed by atoms with Gasteiger partial charge in [-0.1, -0.05) is 6.92 Å². The molecule has 1 aromatic heterocycles. The Morgan fingerprint density at radius 2 is 2.19 bits per heavy atom. The first-order valence-electron chi connectivity index (χ1n) is 4.58. The monoisotopic (exact) mass is 344 g/mol. The molecular formula is C9H11F2IN2O2. The van der Waals surface area contributed by atoms with Gasteiger partial charge in [-0.25, -0.2) is 8.78 Å². The molecule has 1 rings (SSSR count). The van der Waals surface area contributed by atoms with Crippen LogP contribution in [-0.4, -0.2) is 20.9 Å². The third kappa shape index (κ3) is 2.69. The SMILES string of the molecule is Cc1nn(C[C@@H](C)C(=O)O)c(C(F)F)c1I. The molecule has 0 aliphatic heterocycles. The smallest absolute Gasteiger partial charge is 0.308 e. The van der Waals surface area contributed by atoms with Gasteiger partial charge in [-0.15, -0.1) is 0 Å². The molecule has 1 N–H and O–H groups in total. The molecule has 0 unspecified atom stereocenters. The first-order chi connectivity index (χ1) is 7.34. The Hall–Kier alpha value is -0.730. The Balaban J connectivity index is 3.04. The molecule has 1 atom stereocenters. The van der Waals surface area contributed by atoms with E-state index in [-0.39, 0.29) is 12.2 Å². The molecule has 0 saturated carbocycles. The maximum atomic E-state index is 12.7. The Morgan fingerprint density at radius 1 is 1.62 bits per heavy atom. The van der Waals surface area contributed by atoms with Crippen LogP contribution in [0.4, 0.5) is 8.78 Å². The van der Waals surface area contributed by atoms with E-state index in [1.807, 2.05) is 0 Å². The van der Waals surface area contributed by atoms with Gasteiger partial charge in [0.25, 0.3) is 6.43 Å². The zero-order valence-electron chi connectivity index (χ0n) is 8.75. The van der Waals surface area contributed by atoms with E-state index in [1.165, 1.54) is 6.92 Å². The molecule has 7 heteroatoms. The van der Waals surface area contributed by atoms with Gasteiger partial charge in [0.1, 0.15) is 5.69 Å². The van der Waals surface area contributed by atoms with Crippen LogP contribution in [0.5, 0.6) is 0 Å². The number of aryl methyl sites for hydroxylation is 1. The van der Waals surface area contributed by atoms with Gasteiger partial charge in [0, 0.05) is 0 Å². The van der Waals surface area contributed by atoms with Crippen molar-refractivity contribution in [3.05, 3.63) is 15.0 Å². The number of aromatic nitrogens is 2. The number of carboxylic acids is 1. The van der Waals surface area contributed by atoms with Gasteiger partial charge >= 0.3 is 5.97 Å². The van der Waals surface area contributed by atoms with Crippen LogP contribution in [0.25, 0.3) is 0 Å². The van der Waals surface area contributed by atoms with Crippen LogP contribution in [0, 0.1) is 16.4 Å². The van der Waals surface area contributed by atoms with Crippen molar-refractivity contribution in [2.24, 2.45) is 5.92 Å². The zero-order valence-corrected chi connectivity index (χ0v) is 10.9. The summed E-state index contributed by atoms with van der Waals surface area (Å²) in [5, 5.41) is 12.6.